The molecule has 0 radical (unpaired) electrons. The summed E-state index contributed by atoms with van der Waals surface area (Å²) < 4.78 is 10.0. The van der Waals surface area contributed by atoms with Crippen molar-refractivity contribution in [3.05, 3.63) is 0 Å². The van der Waals surface area contributed by atoms with Crippen LogP contribution in [0, 0.1) is 0 Å². The van der Waals surface area contributed by atoms with Crippen molar-refractivity contribution in [2.24, 2.45) is 5.73 Å². The number of ether oxygens (including phenoxy) is 2. The lowest BCUT2D eigenvalue weighted by Gasteiger charge is -2.27. The van der Waals surface area contributed by atoms with E-state index in [1.807, 2.05) is 6.92 Å². The van der Waals surface area contributed by atoms with E-state index in [1.54, 1.807) is 0 Å². The molecule has 0 bridgehead atoms. The average molecular weight is 174 g/mol. The molecular weight excluding hydrogens is 160 g/mol. The first kappa shape index (κ1) is 9.28. The van der Waals surface area contributed by atoms with E-state index in [0.717, 1.165) is 6.54 Å². The molecule has 1 fully saturated rings. The lowest BCUT2D eigenvalue weighted by Crippen LogP contribution is -2.45. The van der Waals surface area contributed by atoms with Gasteiger partial charge in [-0.2, -0.15) is 0 Å². The van der Waals surface area contributed by atoms with Gasteiger partial charge in [-0.25, -0.2) is 4.79 Å². The monoisotopic (exact) mass is 174 g/mol. The summed E-state index contributed by atoms with van der Waals surface area (Å²) in [6.45, 7) is 3.74. The van der Waals surface area contributed by atoms with E-state index in [9.17, 15) is 4.79 Å². The van der Waals surface area contributed by atoms with Gasteiger partial charge in [0.2, 0.25) is 0 Å². The van der Waals surface area contributed by atoms with E-state index in [1.165, 1.54) is 0 Å². The number of rotatable bonds is 2. The third kappa shape index (κ3) is 3.06. The first-order chi connectivity index (χ1) is 5.68. The maximum absolute atomic E-state index is 10.2. The lowest BCUT2D eigenvalue weighted by atomic mass is 10.2. The number of carbonyl (C=O) groups is 1. The molecule has 1 aliphatic rings. The maximum atomic E-state index is 10.2. The Hall–Kier alpha value is -0.810. The van der Waals surface area contributed by atoms with Crippen LogP contribution in [0.15, 0.2) is 0 Å². The van der Waals surface area contributed by atoms with Gasteiger partial charge in [0.1, 0.15) is 12.7 Å². The summed E-state index contributed by atoms with van der Waals surface area (Å²) in [5, 5.41) is 3.15. The number of amides is 1. The zero-order valence-corrected chi connectivity index (χ0v) is 7.08. The minimum absolute atomic E-state index is 0.0683. The van der Waals surface area contributed by atoms with E-state index < -0.39 is 6.09 Å². The standard InChI is InChI=1S/C7H14N2O3/c1-5-2-9-3-6(12-5)4-11-7(8)10/h5-6,9H,2-4H2,1H3,(H2,8,10). The molecule has 0 aliphatic carbocycles. The highest BCUT2D eigenvalue weighted by Crippen LogP contribution is 2.02. The predicted octanol–water partition coefficient (Wildman–Crippen LogP) is -0.541. The van der Waals surface area contributed by atoms with Crippen molar-refractivity contribution in [1.29, 1.82) is 0 Å². The van der Waals surface area contributed by atoms with Gasteiger partial charge in [0.25, 0.3) is 0 Å². The summed E-state index contributed by atoms with van der Waals surface area (Å²) in [7, 11) is 0. The Morgan fingerprint density at radius 3 is 3.08 bits per heavy atom. The fourth-order valence-corrected chi connectivity index (χ4v) is 1.15. The second-order valence-electron chi connectivity index (χ2n) is 2.86. The maximum Gasteiger partial charge on any atom is 0.404 e. The van der Waals surface area contributed by atoms with Crippen LogP contribution in [0.25, 0.3) is 0 Å². The predicted molar refractivity (Wildman–Crippen MR) is 42.7 cm³/mol. The Kier molecular flexibility index (Phi) is 3.31. The van der Waals surface area contributed by atoms with Crippen LogP contribution in [0.2, 0.25) is 0 Å². The molecule has 5 nitrogen and oxygen atoms in total. The fourth-order valence-electron chi connectivity index (χ4n) is 1.15. The van der Waals surface area contributed by atoms with Gasteiger partial charge in [0, 0.05) is 13.1 Å². The molecule has 1 amide bonds. The van der Waals surface area contributed by atoms with Crippen LogP contribution >= 0.6 is 0 Å². The van der Waals surface area contributed by atoms with Gasteiger partial charge >= 0.3 is 6.09 Å². The smallest absolute Gasteiger partial charge is 0.404 e. The van der Waals surface area contributed by atoms with Crippen LogP contribution in [0.4, 0.5) is 4.79 Å². The molecule has 0 aromatic heterocycles. The third-order valence-electron chi connectivity index (χ3n) is 1.64. The summed E-state index contributed by atoms with van der Waals surface area (Å²) in [6, 6.07) is 0. The molecular formula is C7H14N2O3. The highest BCUT2D eigenvalue weighted by atomic mass is 16.6. The van der Waals surface area contributed by atoms with Gasteiger partial charge < -0.3 is 20.5 Å². The van der Waals surface area contributed by atoms with E-state index in [2.05, 4.69) is 10.1 Å². The molecule has 12 heavy (non-hydrogen) atoms. The van der Waals surface area contributed by atoms with Gasteiger partial charge in [-0.15, -0.1) is 0 Å². The molecule has 1 heterocycles. The van der Waals surface area contributed by atoms with E-state index >= 15 is 0 Å². The molecule has 70 valence electrons. The first-order valence-electron chi connectivity index (χ1n) is 3.97. The van der Waals surface area contributed by atoms with Crippen molar-refractivity contribution in [3.63, 3.8) is 0 Å². The molecule has 0 aromatic carbocycles. The zero-order valence-electron chi connectivity index (χ0n) is 7.08. The van der Waals surface area contributed by atoms with E-state index in [0.29, 0.717) is 6.54 Å². The summed E-state index contributed by atoms with van der Waals surface area (Å²) in [5.74, 6) is 0. The summed E-state index contributed by atoms with van der Waals surface area (Å²) in [5.41, 5.74) is 4.81. The first-order valence-corrected chi connectivity index (χ1v) is 3.97. The van der Waals surface area contributed by atoms with Gasteiger partial charge in [-0.1, -0.05) is 0 Å². The number of carbonyl (C=O) groups excluding carboxylic acids is 1. The molecule has 0 aromatic rings. The number of hydrogen-bond donors (Lipinski definition) is 2. The fraction of sp³-hybridized carbons (Fsp3) is 0.857. The van der Waals surface area contributed by atoms with Crippen LogP contribution in [0.5, 0.6) is 0 Å². The van der Waals surface area contributed by atoms with Gasteiger partial charge in [-0.05, 0) is 6.92 Å². The second kappa shape index (κ2) is 4.27. The highest BCUT2D eigenvalue weighted by molar-refractivity contribution is 5.64. The molecule has 0 spiro atoms. The van der Waals surface area contributed by atoms with Crippen LogP contribution in [0.3, 0.4) is 0 Å². The summed E-state index contributed by atoms with van der Waals surface area (Å²) in [4.78, 5) is 10.2. The van der Waals surface area contributed by atoms with Crippen molar-refractivity contribution < 1.29 is 14.3 Å². The Morgan fingerprint density at radius 1 is 1.75 bits per heavy atom. The topological polar surface area (TPSA) is 73.6 Å². The second-order valence-corrected chi connectivity index (χ2v) is 2.86. The Morgan fingerprint density at radius 2 is 2.50 bits per heavy atom. The number of nitrogens with one attached hydrogen (secondary N) is 1. The molecule has 1 saturated heterocycles. The van der Waals surface area contributed by atoms with Crippen molar-refractivity contribution in [3.8, 4) is 0 Å². The van der Waals surface area contributed by atoms with Crippen LogP contribution in [0.1, 0.15) is 6.92 Å². The largest absolute Gasteiger partial charge is 0.447 e. The van der Waals surface area contributed by atoms with Gasteiger partial charge in [-0.3, -0.25) is 0 Å². The SMILES string of the molecule is CC1CNCC(COC(N)=O)O1. The molecule has 2 unspecified atom stereocenters. The number of hydrogen-bond acceptors (Lipinski definition) is 4. The Balaban J connectivity index is 2.18. The quantitative estimate of drug-likeness (QED) is 0.589. The van der Waals surface area contributed by atoms with Gasteiger partial charge in [0.15, 0.2) is 0 Å². The molecule has 1 rings (SSSR count). The minimum Gasteiger partial charge on any atom is -0.447 e. The number of nitrogens with two attached hydrogens (primary N) is 1. The molecule has 3 N–H and O–H groups in total. The van der Waals surface area contributed by atoms with Crippen molar-refractivity contribution in [1.82, 2.24) is 5.32 Å². The Bertz CT molecular complexity index is 163. The number of morpholine rings is 1. The highest BCUT2D eigenvalue weighted by Gasteiger charge is 2.19. The van der Waals surface area contributed by atoms with Crippen LogP contribution in [-0.2, 0) is 9.47 Å². The molecule has 2 atom stereocenters. The van der Waals surface area contributed by atoms with Crippen molar-refractivity contribution in [2.75, 3.05) is 19.7 Å². The molecule has 0 saturated carbocycles. The summed E-state index contributed by atoms with van der Waals surface area (Å²) in [6.07, 6.45) is -0.654. The zero-order chi connectivity index (χ0) is 8.97. The Labute approximate surface area is 71.2 Å². The normalized spacial score (nSPS) is 29.8. The third-order valence-corrected chi connectivity index (χ3v) is 1.64. The molecule has 5 heteroatoms. The van der Waals surface area contributed by atoms with Crippen molar-refractivity contribution in [2.45, 2.75) is 19.1 Å². The van der Waals surface area contributed by atoms with E-state index in [-0.39, 0.29) is 18.8 Å². The average Bonchev–Trinajstić information content (AvgIpc) is 2.01. The minimum atomic E-state index is -0.753. The van der Waals surface area contributed by atoms with Crippen LogP contribution < -0.4 is 11.1 Å². The number of primary amides is 1. The lowest BCUT2D eigenvalue weighted by molar-refractivity contribution is -0.0537. The van der Waals surface area contributed by atoms with E-state index in [4.69, 9.17) is 10.5 Å². The van der Waals surface area contributed by atoms with Crippen LogP contribution in [-0.4, -0.2) is 38.0 Å². The molecule has 1 aliphatic heterocycles. The van der Waals surface area contributed by atoms with Gasteiger partial charge in [0.05, 0.1) is 6.10 Å². The van der Waals surface area contributed by atoms with Crippen molar-refractivity contribution >= 4 is 6.09 Å². The summed E-state index contributed by atoms with van der Waals surface area (Å²) >= 11 is 0.